The number of hydrogen-bond donors (Lipinski definition) is 0. The third kappa shape index (κ3) is 4.13. The van der Waals surface area contributed by atoms with Crippen LogP contribution >= 0.6 is 23.2 Å². The second-order valence-electron chi connectivity index (χ2n) is 2.65. The predicted molar refractivity (Wildman–Crippen MR) is 50.4 cm³/mol. The van der Waals surface area contributed by atoms with Gasteiger partial charge in [0, 0.05) is 18.1 Å². The normalized spacial score (nSPS) is 11.5. The van der Waals surface area contributed by atoms with Gasteiger partial charge in [0.1, 0.15) is 0 Å². The molecule has 15 heavy (non-hydrogen) atoms. The van der Waals surface area contributed by atoms with Gasteiger partial charge >= 0.3 is 6.18 Å². The maximum absolute atomic E-state index is 11.8. The van der Waals surface area contributed by atoms with E-state index >= 15 is 0 Å². The first kappa shape index (κ1) is 12.4. The van der Waals surface area contributed by atoms with Crippen LogP contribution in [0, 0.1) is 0 Å². The smallest absolute Gasteiger partial charge is 0.422 e. The predicted octanol–water partition coefficient (Wildman–Crippen LogP) is 3.41. The summed E-state index contributed by atoms with van der Waals surface area (Å²) in [6.45, 7) is -1.39. The molecule has 0 amide bonds. The van der Waals surface area contributed by atoms with Crippen LogP contribution in [0.25, 0.3) is 0 Å². The molecular weight excluding hydrogens is 254 g/mol. The quantitative estimate of drug-likeness (QED) is 0.777. The minimum Gasteiger partial charge on any atom is -0.468 e. The molecule has 0 aliphatic heterocycles. The van der Waals surface area contributed by atoms with Gasteiger partial charge in [-0.25, -0.2) is 4.98 Å². The first-order valence-corrected chi connectivity index (χ1v) is 4.73. The van der Waals surface area contributed by atoms with Crippen LogP contribution in [-0.4, -0.2) is 17.8 Å². The van der Waals surface area contributed by atoms with E-state index in [0.717, 1.165) is 0 Å². The molecule has 2 nitrogen and oxygen atoms in total. The minimum atomic E-state index is -4.39. The third-order valence-electron chi connectivity index (χ3n) is 1.44. The number of aromatic nitrogens is 1. The molecular formula is C8H6Cl2F3NO. The molecule has 0 aliphatic carbocycles. The molecule has 0 unspecified atom stereocenters. The Bertz CT molecular complexity index is 343. The van der Waals surface area contributed by atoms with E-state index in [2.05, 4.69) is 9.72 Å². The van der Waals surface area contributed by atoms with E-state index in [1.54, 1.807) is 0 Å². The van der Waals surface area contributed by atoms with Crippen molar-refractivity contribution >= 4 is 23.2 Å². The number of ether oxygens (including phenoxy) is 1. The van der Waals surface area contributed by atoms with E-state index in [-0.39, 0.29) is 11.8 Å². The van der Waals surface area contributed by atoms with Gasteiger partial charge in [0.05, 0.1) is 5.02 Å². The molecule has 0 radical (unpaired) electrons. The topological polar surface area (TPSA) is 22.1 Å². The summed E-state index contributed by atoms with van der Waals surface area (Å²) in [5.41, 5.74) is 0.477. The number of rotatable bonds is 3. The summed E-state index contributed by atoms with van der Waals surface area (Å²) >= 11 is 11.2. The fourth-order valence-corrected chi connectivity index (χ4v) is 1.26. The van der Waals surface area contributed by atoms with Crippen molar-refractivity contribution in [2.24, 2.45) is 0 Å². The second kappa shape index (κ2) is 4.90. The number of nitrogens with zero attached hydrogens (tertiary/aromatic N) is 1. The maximum Gasteiger partial charge on any atom is 0.422 e. The van der Waals surface area contributed by atoms with Crippen molar-refractivity contribution in [3.63, 3.8) is 0 Å². The number of alkyl halides is 4. The Kier molecular flexibility index (Phi) is 4.04. The van der Waals surface area contributed by atoms with E-state index in [1.807, 2.05) is 0 Å². The molecule has 0 spiro atoms. The lowest BCUT2D eigenvalue weighted by Gasteiger charge is -2.09. The van der Waals surface area contributed by atoms with Crippen molar-refractivity contribution in [1.29, 1.82) is 0 Å². The first-order valence-electron chi connectivity index (χ1n) is 3.82. The van der Waals surface area contributed by atoms with Crippen molar-refractivity contribution in [2.75, 3.05) is 6.61 Å². The Morgan fingerprint density at radius 3 is 2.60 bits per heavy atom. The van der Waals surface area contributed by atoms with E-state index in [9.17, 15) is 13.2 Å². The molecule has 0 fully saturated rings. The Morgan fingerprint density at radius 1 is 1.40 bits per heavy atom. The van der Waals surface area contributed by atoms with Gasteiger partial charge in [0.2, 0.25) is 5.88 Å². The number of pyridine rings is 1. The van der Waals surface area contributed by atoms with Crippen LogP contribution in [0.5, 0.6) is 5.88 Å². The molecule has 0 aliphatic rings. The molecule has 0 atom stereocenters. The Hall–Kier alpha value is -0.680. The molecule has 0 saturated carbocycles. The van der Waals surface area contributed by atoms with E-state index < -0.39 is 12.8 Å². The fourth-order valence-electron chi connectivity index (χ4n) is 0.796. The number of halogens is 5. The average Bonchev–Trinajstić information content (AvgIpc) is 2.15. The van der Waals surface area contributed by atoms with Crippen LogP contribution in [0.1, 0.15) is 5.56 Å². The molecule has 1 aromatic heterocycles. The molecule has 84 valence electrons. The molecule has 0 bridgehead atoms. The average molecular weight is 260 g/mol. The van der Waals surface area contributed by atoms with E-state index in [0.29, 0.717) is 10.6 Å². The molecule has 0 aromatic carbocycles. The molecule has 7 heteroatoms. The summed E-state index contributed by atoms with van der Waals surface area (Å²) in [6.07, 6.45) is -3.19. The van der Waals surface area contributed by atoms with Crippen molar-refractivity contribution < 1.29 is 17.9 Å². The van der Waals surface area contributed by atoms with Crippen LogP contribution in [-0.2, 0) is 5.88 Å². The minimum absolute atomic E-state index is 0.0870. The summed E-state index contributed by atoms with van der Waals surface area (Å²) in [5, 5.41) is 0.296. The maximum atomic E-state index is 11.8. The van der Waals surface area contributed by atoms with Crippen LogP contribution in [0.4, 0.5) is 13.2 Å². The van der Waals surface area contributed by atoms with E-state index in [1.165, 1.54) is 12.3 Å². The summed E-state index contributed by atoms with van der Waals surface area (Å²) in [4.78, 5) is 3.58. The van der Waals surface area contributed by atoms with Crippen molar-refractivity contribution in [3.05, 3.63) is 22.8 Å². The molecule has 1 aromatic rings. The molecule has 0 saturated heterocycles. The van der Waals surface area contributed by atoms with Crippen molar-refractivity contribution in [3.8, 4) is 5.88 Å². The summed E-state index contributed by atoms with van der Waals surface area (Å²) in [5.74, 6) is -0.0589. The molecule has 0 N–H and O–H groups in total. The van der Waals surface area contributed by atoms with Crippen molar-refractivity contribution in [1.82, 2.24) is 4.98 Å². The standard InChI is InChI=1S/C8H6Cl2F3NO/c9-2-5-1-7(14-3-6(5)10)15-4-8(11,12)13/h1,3H,2,4H2. The molecule has 1 heterocycles. The SMILES string of the molecule is FC(F)(F)COc1cc(CCl)c(Cl)cn1. The third-order valence-corrected chi connectivity index (χ3v) is 2.07. The summed E-state index contributed by atoms with van der Waals surface area (Å²) in [7, 11) is 0. The second-order valence-corrected chi connectivity index (χ2v) is 3.33. The lowest BCUT2D eigenvalue weighted by Crippen LogP contribution is -2.19. The van der Waals surface area contributed by atoms with Gasteiger partial charge in [0.25, 0.3) is 0 Å². The largest absolute Gasteiger partial charge is 0.468 e. The van der Waals surface area contributed by atoms with Gasteiger partial charge in [0.15, 0.2) is 6.61 Å². The van der Waals surface area contributed by atoms with Crippen LogP contribution in [0.2, 0.25) is 5.02 Å². The van der Waals surface area contributed by atoms with Crippen LogP contribution < -0.4 is 4.74 Å². The zero-order valence-corrected chi connectivity index (χ0v) is 8.83. The number of hydrogen-bond acceptors (Lipinski definition) is 2. The zero-order valence-electron chi connectivity index (χ0n) is 7.31. The van der Waals surface area contributed by atoms with Crippen LogP contribution in [0.15, 0.2) is 12.3 Å². The summed E-state index contributed by atoms with van der Waals surface area (Å²) in [6, 6.07) is 1.28. The highest BCUT2D eigenvalue weighted by molar-refractivity contribution is 6.32. The Balaban J connectivity index is 2.70. The van der Waals surface area contributed by atoms with E-state index in [4.69, 9.17) is 23.2 Å². The fraction of sp³-hybridized carbons (Fsp3) is 0.375. The van der Waals surface area contributed by atoms with Crippen LogP contribution in [0.3, 0.4) is 0 Å². The Morgan fingerprint density at radius 2 is 2.07 bits per heavy atom. The zero-order chi connectivity index (χ0) is 11.5. The highest BCUT2D eigenvalue weighted by atomic mass is 35.5. The van der Waals surface area contributed by atoms with Gasteiger partial charge in [-0.2, -0.15) is 13.2 Å². The van der Waals surface area contributed by atoms with Gasteiger partial charge in [-0.05, 0) is 5.56 Å². The van der Waals surface area contributed by atoms with Gasteiger partial charge in [-0.3, -0.25) is 0 Å². The van der Waals surface area contributed by atoms with Gasteiger partial charge in [-0.15, -0.1) is 11.6 Å². The molecule has 1 rings (SSSR count). The monoisotopic (exact) mass is 259 g/mol. The highest BCUT2D eigenvalue weighted by Gasteiger charge is 2.28. The summed E-state index contributed by atoms with van der Waals surface area (Å²) < 4.78 is 39.8. The highest BCUT2D eigenvalue weighted by Crippen LogP contribution is 2.22. The van der Waals surface area contributed by atoms with Crippen molar-refractivity contribution in [2.45, 2.75) is 12.1 Å². The Labute approximate surface area is 94.0 Å². The lowest BCUT2D eigenvalue weighted by atomic mass is 10.3. The van der Waals surface area contributed by atoms with Gasteiger partial charge < -0.3 is 4.74 Å². The first-order chi connectivity index (χ1) is 6.92. The lowest BCUT2D eigenvalue weighted by molar-refractivity contribution is -0.154. The van der Waals surface area contributed by atoms with Gasteiger partial charge in [-0.1, -0.05) is 11.6 Å².